The molecule has 110 valence electrons. The normalized spacial score (nSPS) is 15.3. The minimum atomic E-state index is -0.892. The van der Waals surface area contributed by atoms with Crippen molar-refractivity contribution in [2.24, 2.45) is 0 Å². The van der Waals surface area contributed by atoms with Gasteiger partial charge in [0.25, 0.3) is 0 Å². The van der Waals surface area contributed by atoms with Gasteiger partial charge in [-0.25, -0.2) is 9.18 Å². The van der Waals surface area contributed by atoms with E-state index in [9.17, 15) is 9.18 Å². The number of benzene rings is 1. The van der Waals surface area contributed by atoms with Crippen LogP contribution in [-0.2, 0) is 0 Å². The molecule has 21 heavy (non-hydrogen) atoms. The molecule has 0 saturated carbocycles. The molecule has 0 bridgehead atoms. The Morgan fingerprint density at radius 2 is 1.81 bits per heavy atom. The van der Waals surface area contributed by atoms with Crippen molar-refractivity contribution in [3.8, 4) is 0 Å². The largest absolute Gasteiger partial charge is 0.477 e. The molecule has 0 radical (unpaired) electrons. The number of aromatic carboxylic acids is 1. The molecular formula is C15H15FN2O2S. The summed E-state index contributed by atoms with van der Waals surface area (Å²) in [5.41, 5.74) is 1.57. The first-order valence-corrected chi connectivity index (χ1v) is 7.59. The number of piperazine rings is 1. The second kappa shape index (κ2) is 5.73. The summed E-state index contributed by atoms with van der Waals surface area (Å²) in [5, 5.41) is 10.8. The topological polar surface area (TPSA) is 43.8 Å². The quantitative estimate of drug-likeness (QED) is 0.947. The minimum Gasteiger partial charge on any atom is -0.477 e. The van der Waals surface area contributed by atoms with Crippen molar-refractivity contribution in [2.45, 2.75) is 0 Å². The van der Waals surface area contributed by atoms with Crippen LogP contribution in [0.15, 0.2) is 35.7 Å². The van der Waals surface area contributed by atoms with Gasteiger partial charge in [0.2, 0.25) is 0 Å². The zero-order valence-corrected chi connectivity index (χ0v) is 12.1. The Kier molecular flexibility index (Phi) is 3.79. The Labute approximate surface area is 126 Å². The van der Waals surface area contributed by atoms with Gasteiger partial charge in [0.05, 0.1) is 5.69 Å². The Bertz CT molecular complexity index is 651. The number of hydrogen-bond donors (Lipinski definition) is 1. The molecule has 1 saturated heterocycles. The SMILES string of the molecule is O=C(O)c1cc(N2CCN(c3ccccc3F)CC2)cs1. The standard InChI is InChI=1S/C15H15FN2O2S/c16-12-3-1-2-4-13(12)18-7-5-17(6-8-18)11-9-14(15(19)20)21-10-11/h1-4,9-10H,5-8H2,(H,19,20). The average Bonchev–Trinajstić information content (AvgIpc) is 2.98. The van der Waals surface area contributed by atoms with Crippen LogP contribution in [0.2, 0.25) is 0 Å². The van der Waals surface area contributed by atoms with Gasteiger partial charge in [-0.3, -0.25) is 0 Å². The predicted molar refractivity (Wildman–Crippen MR) is 82.1 cm³/mol. The first kappa shape index (κ1) is 13.9. The highest BCUT2D eigenvalue weighted by atomic mass is 32.1. The van der Waals surface area contributed by atoms with Gasteiger partial charge >= 0.3 is 5.97 Å². The van der Waals surface area contributed by atoms with E-state index in [0.717, 1.165) is 31.9 Å². The number of para-hydroxylation sites is 1. The number of anilines is 2. The maximum absolute atomic E-state index is 13.8. The van der Waals surface area contributed by atoms with Crippen LogP contribution in [0.5, 0.6) is 0 Å². The van der Waals surface area contributed by atoms with E-state index in [0.29, 0.717) is 10.6 Å². The molecule has 0 spiro atoms. The Balaban J connectivity index is 1.67. The average molecular weight is 306 g/mol. The summed E-state index contributed by atoms with van der Waals surface area (Å²) in [7, 11) is 0. The van der Waals surface area contributed by atoms with E-state index in [1.807, 2.05) is 16.3 Å². The second-order valence-corrected chi connectivity index (χ2v) is 5.81. The molecule has 1 aliphatic rings. The highest BCUT2D eigenvalue weighted by Gasteiger charge is 2.20. The van der Waals surface area contributed by atoms with Gasteiger partial charge in [-0.1, -0.05) is 12.1 Å². The van der Waals surface area contributed by atoms with E-state index >= 15 is 0 Å². The molecule has 0 atom stereocenters. The third kappa shape index (κ3) is 2.85. The molecule has 2 heterocycles. The smallest absolute Gasteiger partial charge is 0.345 e. The third-order valence-corrected chi connectivity index (χ3v) is 4.54. The number of carboxylic acid groups (broad SMARTS) is 1. The monoisotopic (exact) mass is 306 g/mol. The van der Waals surface area contributed by atoms with Crippen molar-refractivity contribution in [3.63, 3.8) is 0 Å². The van der Waals surface area contributed by atoms with Crippen LogP contribution < -0.4 is 9.80 Å². The molecule has 2 aromatic rings. The number of rotatable bonds is 3. The molecule has 6 heteroatoms. The summed E-state index contributed by atoms with van der Waals surface area (Å²) in [6, 6.07) is 8.49. The second-order valence-electron chi connectivity index (χ2n) is 4.90. The molecule has 1 fully saturated rings. The Morgan fingerprint density at radius 3 is 2.43 bits per heavy atom. The van der Waals surface area contributed by atoms with Crippen molar-refractivity contribution < 1.29 is 14.3 Å². The fraction of sp³-hybridized carbons (Fsp3) is 0.267. The summed E-state index contributed by atoms with van der Waals surface area (Å²) in [4.78, 5) is 15.4. The van der Waals surface area contributed by atoms with Crippen LogP contribution >= 0.6 is 11.3 Å². The summed E-state index contributed by atoms with van der Waals surface area (Å²) in [6.45, 7) is 2.95. The Hall–Kier alpha value is -2.08. The maximum Gasteiger partial charge on any atom is 0.345 e. The Morgan fingerprint density at radius 1 is 1.14 bits per heavy atom. The molecule has 0 amide bonds. The van der Waals surface area contributed by atoms with Crippen molar-refractivity contribution in [1.82, 2.24) is 0 Å². The fourth-order valence-corrected chi connectivity index (χ4v) is 3.27. The molecule has 1 aromatic carbocycles. The maximum atomic E-state index is 13.8. The molecule has 0 unspecified atom stereocenters. The molecule has 1 aliphatic heterocycles. The van der Waals surface area contributed by atoms with E-state index in [4.69, 9.17) is 5.11 Å². The van der Waals surface area contributed by atoms with Crippen molar-refractivity contribution in [2.75, 3.05) is 36.0 Å². The number of hydrogen-bond acceptors (Lipinski definition) is 4. The van der Waals surface area contributed by atoms with Crippen LogP contribution in [0.25, 0.3) is 0 Å². The molecule has 1 N–H and O–H groups in total. The lowest BCUT2D eigenvalue weighted by molar-refractivity contribution is 0.0702. The van der Waals surface area contributed by atoms with Crippen LogP contribution in [0.1, 0.15) is 9.67 Å². The van der Waals surface area contributed by atoms with Gasteiger partial charge in [0.1, 0.15) is 10.7 Å². The first-order chi connectivity index (χ1) is 10.1. The van der Waals surface area contributed by atoms with Crippen LogP contribution in [0.3, 0.4) is 0 Å². The molecule has 0 aliphatic carbocycles. The van der Waals surface area contributed by atoms with E-state index in [-0.39, 0.29) is 5.82 Å². The zero-order valence-electron chi connectivity index (χ0n) is 11.3. The van der Waals surface area contributed by atoms with E-state index < -0.39 is 5.97 Å². The van der Waals surface area contributed by atoms with Gasteiger partial charge in [-0.05, 0) is 18.2 Å². The lowest BCUT2D eigenvalue weighted by atomic mass is 10.2. The third-order valence-electron chi connectivity index (χ3n) is 3.63. The van der Waals surface area contributed by atoms with Crippen molar-refractivity contribution in [3.05, 3.63) is 46.4 Å². The van der Waals surface area contributed by atoms with Gasteiger partial charge in [0.15, 0.2) is 0 Å². The molecule has 4 nitrogen and oxygen atoms in total. The molecular weight excluding hydrogens is 291 g/mol. The summed E-state index contributed by atoms with van der Waals surface area (Å²) in [6.07, 6.45) is 0. The number of carboxylic acids is 1. The molecule has 1 aromatic heterocycles. The van der Waals surface area contributed by atoms with Crippen LogP contribution in [0, 0.1) is 5.82 Å². The van der Waals surface area contributed by atoms with E-state index in [2.05, 4.69) is 4.90 Å². The first-order valence-electron chi connectivity index (χ1n) is 6.71. The summed E-state index contributed by atoms with van der Waals surface area (Å²) >= 11 is 1.24. The summed E-state index contributed by atoms with van der Waals surface area (Å²) in [5.74, 6) is -1.09. The van der Waals surface area contributed by atoms with Crippen molar-refractivity contribution >= 4 is 28.7 Å². The van der Waals surface area contributed by atoms with E-state index in [1.54, 1.807) is 18.2 Å². The minimum absolute atomic E-state index is 0.199. The van der Waals surface area contributed by atoms with E-state index in [1.165, 1.54) is 17.4 Å². The highest BCUT2D eigenvalue weighted by molar-refractivity contribution is 7.12. The van der Waals surface area contributed by atoms with Gasteiger partial charge in [-0.2, -0.15) is 0 Å². The fourth-order valence-electron chi connectivity index (χ4n) is 2.52. The number of carbonyl (C=O) groups is 1. The molecule has 3 rings (SSSR count). The zero-order chi connectivity index (χ0) is 14.8. The van der Waals surface area contributed by atoms with Crippen LogP contribution in [0.4, 0.5) is 15.8 Å². The lowest BCUT2D eigenvalue weighted by Gasteiger charge is -2.37. The van der Waals surface area contributed by atoms with Gasteiger partial charge in [0, 0.05) is 37.2 Å². The van der Waals surface area contributed by atoms with Gasteiger partial charge < -0.3 is 14.9 Å². The van der Waals surface area contributed by atoms with Crippen LogP contribution in [-0.4, -0.2) is 37.3 Å². The van der Waals surface area contributed by atoms with Crippen molar-refractivity contribution in [1.29, 1.82) is 0 Å². The summed E-state index contributed by atoms with van der Waals surface area (Å²) < 4.78 is 13.8. The number of thiophene rings is 1. The predicted octanol–water partition coefficient (Wildman–Crippen LogP) is 2.91. The number of halogens is 1. The van der Waals surface area contributed by atoms with Gasteiger partial charge in [-0.15, -0.1) is 11.3 Å². The highest BCUT2D eigenvalue weighted by Crippen LogP contribution is 2.26. The lowest BCUT2D eigenvalue weighted by Crippen LogP contribution is -2.46. The number of nitrogens with zero attached hydrogens (tertiary/aromatic N) is 2.